The van der Waals surface area contributed by atoms with E-state index in [1.54, 1.807) is 4.40 Å². The van der Waals surface area contributed by atoms with Gasteiger partial charge in [-0.15, -0.1) is 10.2 Å². The van der Waals surface area contributed by atoms with Crippen molar-refractivity contribution in [3.8, 4) is 0 Å². The summed E-state index contributed by atoms with van der Waals surface area (Å²) < 4.78 is 3.03. The summed E-state index contributed by atoms with van der Waals surface area (Å²) in [7, 11) is 0. The standard InChI is InChI=1S/C16H17N7O3S/c1-7-5-8(2)22-14(18-7)20-21-16(22)27-6-10(24)11-12(17)23(9-3-4-9)15(26)19-13(11)25/h5,9H,3-4,6,17H2,1-2H3,(H,19,25,26). The first-order valence-electron chi connectivity index (χ1n) is 8.36. The highest BCUT2D eigenvalue weighted by Crippen LogP contribution is 2.35. The number of thioether (sulfide) groups is 1. The van der Waals surface area contributed by atoms with Crippen LogP contribution in [-0.2, 0) is 0 Å². The van der Waals surface area contributed by atoms with Crippen LogP contribution in [0.4, 0.5) is 5.82 Å². The average molecular weight is 387 g/mol. The van der Waals surface area contributed by atoms with Crippen LogP contribution in [-0.4, -0.2) is 40.7 Å². The van der Waals surface area contributed by atoms with Crippen molar-refractivity contribution in [3.63, 3.8) is 0 Å². The molecule has 0 atom stereocenters. The smallest absolute Gasteiger partial charge is 0.330 e. The van der Waals surface area contributed by atoms with Crippen molar-refractivity contribution in [2.75, 3.05) is 11.5 Å². The molecule has 0 radical (unpaired) electrons. The molecule has 3 N–H and O–H groups in total. The van der Waals surface area contributed by atoms with Crippen LogP contribution in [0.15, 0.2) is 20.8 Å². The van der Waals surface area contributed by atoms with Gasteiger partial charge in [-0.2, -0.15) is 0 Å². The minimum Gasteiger partial charge on any atom is -0.384 e. The topological polar surface area (TPSA) is 141 Å². The third kappa shape index (κ3) is 3.03. The SMILES string of the molecule is Cc1cc(C)n2c(SCC(=O)c3c(N)n(C4CC4)c(=O)[nH]c3=O)nnc2n1. The number of anilines is 1. The van der Waals surface area contributed by atoms with Crippen LogP contribution in [0.3, 0.4) is 0 Å². The molecule has 4 rings (SSSR count). The van der Waals surface area contributed by atoms with Crippen molar-refractivity contribution in [1.29, 1.82) is 0 Å². The van der Waals surface area contributed by atoms with Crippen molar-refractivity contribution in [3.05, 3.63) is 43.9 Å². The van der Waals surface area contributed by atoms with E-state index in [9.17, 15) is 14.4 Å². The maximum atomic E-state index is 12.7. The molecule has 1 fully saturated rings. The molecule has 0 amide bonds. The van der Waals surface area contributed by atoms with Gasteiger partial charge in [-0.05, 0) is 32.8 Å². The van der Waals surface area contributed by atoms with Crippen molar-refractivity contribution >= 4 is 29.1 Å². The summed E-state index contributed by atoms with van der Waals surface area (Å²) in [5, 5.41) is 8.58. The fourth-order valence-corrected chi connectivity index (χ4v) is 3.88. The Bertz CT molecular complexity index is 1190. The molecule has 11 heteroatoms. The molecule has 0 saturated heterocycles. The number of fused-ring (bicyclic) bond motifs is 1. The largest absolute Gasteiger partial charge is 0.384 e. The molecule has 0 aliphatic heterocycles. The van der Waals surface area contributed by atoms with Crippen LogP contribution in [0.1, 0.15) is 40.6 Å². The quantitative estimate of drug-likeness (QED) is 0.476. The highest BCUT2D eigenvalue weighted by molar-refractivity contribution is 7.99. The first-order valence-corrected chi connectivity index (χ1v) is 9.35. The number of ketones is 1. The van der Waals surface area contributed by atoms with Gasteiger partial charge < -0.3 is 5.73 Å². The maximum absolute atomic E-state index is 12.7. The van der Waals surface area contributed by atoms with E-state index in [0.29, 0.717) is 10.9 Å². The lowest BCUT2D eigenvalue weighted by Gasteiger charge is -2.10. The normalized spacial score (nSPS) is 14.0. The number of hydrogen-bond acceptors (Lipinski definition) is 8. The second-order valence-electron chi connectivity index (χ2n) is 6.49. The van der Waals surface area contributed by atoms with Gasteiger partial charge in [-0.3, -0.25) is 23.5 Å². The number of nitrogens with one attached hydrogen (secondary N) is 1. The number of nitrogens with two attached hydrogens (primary N) is 1. The monoisotopic (exact) mass is 387 g/mol. The summed E-state index contributed by atoms with van der Waals surface area (Å²) in [6.45, 7) is 3.76. The summed E-state index contributed by atoms with van der Waals surface area (Å²) in [5.41, 5.74) is 6.15. The van der Waals surface area contributed by atoms with E-state index < -0.39 is 17.0 Å². The van der Waals surface area contributed by atoms with Crippen molar-refractivity contribution in [1.82, 2.24) is 29.1 Å². The lowest BCUT2D eigenvalue weighted by Crippen LogP contribution is -2.36. The molecule has 1 saturated carbocycles. The van der Waals surface area contributed by atoms with E-state index in [4.69, 9.17) is 5.73 Å². The summed E-state index contributed by atoms with van der Waals surface area (Å²) in [5.74, 6) is -0.161. The van der Waals surface area contributed by atoms with Crippen LogP contribution < -0.4 is 17.0 Å². The lowest BCUT2D eigenvalue weighted by atomic mass is 10.2. The highest BCUT2D eigenvalue weighted by Gasteiger charge is 2.30. The number of rotatable bonds is 5. The Morgan fingerprint density at radius 1 is 1.33 bits per heavy atom. The van der Waals surface area contributed by atoms with E-state index in [0.717, 1.165) is 36.0 Å². The average Bonchev–Trinajstić information content (AvgIpc) is 3.32. The zero-order chi connectivity index (χ0) is 19.3. The van der Waals surface area contributed by atoms with Crippen molar-refractivity contribution in [2.24, 2.45) is 0 Å². The fraction of sp³-hybridized carbons (Fsp3) is 0.375. The fourth-order valence-electron chi connectivity index (χ4n) is 3.03. The van der Waals surface area contributed by atoms with Gasteiger partial charge in [0.2, 0.25) is 0 Å². The zero-order valence-corrected chi connectivity index (χ0v) is 15.5. The highest BCUT2D eigenvalue weighted by atomic mass is 32.2. The predicted molar refractivity (Wildman–Crippen MR) is 99.3 cm³/mol. The minimum absolute atomic E-state index is 0.0500. The van der Waals surface area contributed by atoms with Gasteiger partial charge in [0.25, 0.3) is 11.3 Å². The van der Waals surface area contributed by atoms with Crippen LogP contribution >= 0.6 is 11.8 Å². The molecule has 1 aliphatic carbocycles. The second kappa shape index (κ2) is 6.34. The number of carbonyl (C=O) groups is 1. The van der Waals surface area contributed by atoms with E-state index >= 15 is 0 Å². The van der Waals surface area contributed by atoms with Crippen LogP contribution in [0, 0.1) is 13.8 Å². The molecule has 1 aliphatic rings. The van der Waals surface area contributed by atoms with E-state index in [1.165, 1.54) is 4.57 Å². The van der Waals surface area contributed by atoms with E-state index in [2.05, 4.69) is 20.2 Å². The predicted octanol–water partition coefficient (Wildman–Crippen LogP) is 0.483. The molecule has 10 nitrogen and oxygen atoms in total. The number of aromatic amines is 1. The first-order chi connectivity index (χ1) is 12.9. The number of H-pyrrole nitrogens is 1. The number of nitrogen functional groups attached to an aromatic ring is 1. The van der Waals surface area contributed by atoms with Crippen LogP contribution in [0.25, 0.3) is 5.78 Å². The molecule has 0 spiro atoms. The number of carbonyl (C=O) groups excluding carboxylic acids is 1. The third-order valence-electron chi connectivity index (χ3n) is 4.37. The Kier molecular flexibility index (Phi) is 4.10. The number of aryl methyl sites for hydroxylation is 2. The van der Waals surface area contributed by atoms with Gasteiger partial charge in [-0.25, -0.2) is 9.78 Å². The molecular weight excluding hydrogens is 370 g/mol. The molecule has 3 aromatic heterocycles. The van der Waals surface area contributed by atoms with Crippen LogP contribution in [0.5, 0.6) is 0 Å². The van der Waals surface area contributed by atoms with Gasteiger partial charge in [0, 0.05) is 17.4 Å². The number of Topliss-reactive ketones (excluding diaryl/α,β-unsaturated/α-hetero) is 1. The maximum Gasteiger partial charge on any atom is 0.330 e. The molecule has 140 valence electrons. The van der Waals surface area contributed by atoms with Gasteiger partial charge in [0.05, 0.1) is 5.75 Å². The van der Waals surface area contributed by atoms with Crippen LogP contribution in [0.2, 0.25) is 0 Å². The number of hydrogen-bond donors (Lipinski definition) is 2. The van der Waals surface area contributed by atoms with Gasteiger partial charge in [-0.1, -0.05) is 11.8 Å². The molecule has 3 aromatic rings. The lowest BCUT2D eigenvalue weighted by molar-refractivity contribution is 0.102. The van der Waals surface area contributed by atoms with Crippen molar-refractivity contribution in [2.45, 2.75) is 37.9 Å². The Hall–Kier alpha value is -2.95. The van der Waals surface area contributed by atoms with E-state index in [1.807, 2.05) is 19.9 Å². The Morgan fingerprint density at radius 3 is 2.78 bits per heavy atom. The molecule has 0 bridgehead atoms. The summed E-state index contributed by atoms with van der Waals surface area (Å²) in [6, 6.07) is 1.84. The Morgan fingerprint density at radius 2 is 2.07 bits per heavy atom. The number of nitrogens with zero attached hydrogens (tertiary/aromatic N) is 5. The summed E-state index contributed by atoms with van der Waals surface area (Å²) in [4.78, 5) is 43.2. The summed E-state index contributed by atoms with van der Waals surface area (Å²) in [6.07, 6.45) is 1.60. The Balaban J connectivity index is 1.64. The zero-order valence-electron chi connectivity index (χ0n) is 14.7. The molecular formula is C16H17N7O3S. The molecule has 0 unspecified atom stereocenters. The van der Waals surface area contributed by atoms with Gasteiger partial charge in [0.1, 0.15) is 11.4 Å². The molecule has 0 aromatic carbocycles. The first kappa shape index (κ1) is 17.5. The van der Waals surface area contributed by atoms with Crippen molar-refractivity contribution < 1.29 is 4.79 Å². The summed E-state index contributed by atoms with van der Waals surface area (Å²) >= 11 is 1.14. The third-order valence-corrected chi connectivity index (χ3v) is 5.30. The Labute approximate surface area is 156 Å². The minimum atomic E-state index is -0.764. The number of aromatic nitrogens is 6. The second-order valence-corrected chi connectivity index (χ2v) is 7.43. The molecule has 3 heterocycles. The van der Waals surface area contributed by atoms with Gasteiger partial charge in [0.15, 0.2) is 10.9 Å². The molecule has 27 heavy (non-hydrogen) atoms. The van der Waals surface area contributed by atoms with Gasteiger partial charge >= 0.3 is 5.69 Å². The van der Waals surface area contributed by atoms with E-state index in [-0.39, 0.29) is 23.2 Å².